The van der Waals surface area contributed by atoms with E-state index >= 15 is 0 Å². The molecule has 0 unspecified atom stereocenters. The maximum atomic E-state index is 12.3. The Kier molecular flexibility index (Phi) is 4.64. The van der Waals surface area contributed by atoms with Crippen molar-refractivity contribution in [2.75, 3.05) is 4.72 Å². The molecule has 0 saturated carbocycles. The lowest BCUT2D eigenvalue weighted by Gasteiger charge is -2.11. The first kappa shape index (κ1) is 16.9. The predicted molar refractivity (Wildman–Crippen MR) is 78.7 cm³/mol. The molecule has 23 heavy (non-hydrogen) atoms. The number of nitrogens with two attached hydrogens (primary N) is 1. The third-order valence-electron chi connectivity index (χ3n) is 3.01. The van der Waals surface area contributed by atoms with Crippen LogP contribution in [0.1, 0.15) is 15.9 Å². The second-order valence-corrected chi connectivity index (χ2v) is 6.44. The third kappa shape index (κ3) is 3.83. The summed E-state index contributed by atoms with van der Waals surface area (Å²) < 4.78 is 52.2. The Labute approximate surface area is 131 Å². The van der Waals surface area contributed by atoms with E-state index < -0.39 is 28.9 Å². The number of aryl methyl sites for hydroxylation is 1. The molecule has 0 bridgehead atoms. The Balaban J connectivity index is 2.34. The van der Waals surface area contributed by atoms with Crippen LogP contribution in [-0.2, 0) is 16.6 Å². The SMILES string of the molecule is Cc1cccc(NS(=O)(=O)c2cnn(CC(F)F)c2)c1C(N)=O. The molecular weight excluding hydrogens is 330 g/mol. The summed E-state index contributed by atoms with van der Waals surface area (Å²) in [5.41, 5.74) is 5.82. The average Bonchev–Trinajstić information content (AvgIpc) is 2.86. The molecule has 1 aromatic carbocycles. The number of hydrogen-bond donors (Lipinski definition) is 2. The summed E-state index contributed by atoms with van der Waals surface area (Å²) in [5.74, 6) is -0.783. The van der Waals surface area contributed by atoms with E-state index in [-0.39, 0.29) is 16.1 Å². The number of hydrogen-bond acceptors (Lipinski definition) is 4. The van der Waals surface area contributed by atoms with Gasteiger partial charge in [0, 0.05) is 6.20 Å². The number of amides is 1. The monoisotopic (exact) mass is 344 g/mol. The summed E-state index contributed by atoms with van der Waals surface area (Å²) in [6, 6.07) is 4.55. The summed E-state index contributed by atoms with van der Waals surface area (Å²) in [6.45, 7) is 0.894. The van der Waals surface area contributed by atoms with Crippen LogP contribution in [0.3, 0.4) is 0 Å². The van der Waals surface area contributed by atoms with Gasteiger partial charge in [0.15, 0.2) is 0 Å². The molecule has 0 aliphatic rings. The number of primary amides is 1. The molecule has 1 heterocycles. The molecule has 0 fully saturated rings. The van der Waals surface area contributed by atoms with E-state index in [1.54, 1.807) is 19.1 Å². The van der Waals surface area contributed by atoms with Crippen LogP contribution in [0.5, 0.6) is 0 Å². The number of halogens is 2. The van der Waals surface area contributed by atoms with Crippen LogP contribution in [0.25, 0.3) is 0 Å². The molecule has 0 radical (unpaired) electrons. The van der Waals surface area contributed by atoms with Crippen molar-refractivity contribution in [2.24, 2.45) is 5.73 Å². The van der Waals surface area contributed by atoms with Crippen LogP contribution in [0, 0.1) is 6.92 Å². The molecule has 7 nitrogen and oxygen atoms in total. The molecular formula is C13H14F2N4O3S. The Hall–Kier alpha value is -2.49. The minimum absolute atomic E-state index is 0.0131. The lowest BCUT2D eigenvalue weighted by molar-refractivity contribution is 0.100. The minimum atomic E-state index is -4.09. The van der Waals surface area contributed by atoms with Crippen molar-refractivity contribution >= 4 is 21.6 Å². The van der Waals surface area contributed by atoms with Crippen LogP contribution < -0.4 is 10.5 Å². The van der Waals surface area contributed by atoms with E-state index in [4.69, 9.17) is 5.73 Å². The predicted octanol–water partition coefficient (Wildman–Crippen LogP) is 1.36. The Morgan fingerprint density at radius 3 is 2.74 bits per heavy atom. The van der Waals surface area contributed by atoms with Crippen molar-refractivity contribution in [1.82, 2.24) is 9.78 Å². The topological polar surface area (TPSA) is 107 Å². The normalized spacial score (nSPS) is 11.7. The number of nitrogens with one attached hydrogen (secondary N) is 1. The highest BCUT2D eigenvalue weighted by atomic mass is 32.2. The fourth-order valence-electron chi connectivity index (χ4n) is 2.01. The first-order chi connectivity index (χ1) is 10.7. The van der Waals surface area contributed by atoms with Crippen molar-refractivity contribution in [2.45, 2.75) is 24.8 Å². The number of benzene rings is 1. The highest BCUT2D eigenvalue weighted by molar-refractivity contribution is 7.92. The van der Waals surface area contributed by atoms with Crippen molar-refractivity contribution in [3.8, 4) is 0 Å². The zero-order valence-electron chi connectivity index (χ0n) is 12.0. The van der Waals surface area contributed by atoms with Crippen molar-refractivity contribution in [3.63, 3.8) is 0 Å². The van der Waals surface area contributed by atoms with Crippen LogP contribution in [0.2, 0.25) is 0 Å². The van der Waals surface area contributed by atoms with E-state index in [9.17, 15) is 22.0 Å². The Bertz CT molecular complexity index is 833. The lowest BCUT2D eigenvalue weighted by Crippen LogP contribution is -2.19. The lowest BCUT2D eigenvalue weighted by atomic mass is 10.1. The van der Waals surface area contributed by atoms with Gasteiger partial charge < -0.3 is 5.73 Å². The molecule has 1 amide bonds. The molecule has 124 valence electrons. The quantitative estimate of drug-likeness (QED) is 0.825. The van der Waals surface area contributed by atoms with E-state index in [0.717, 1.165) is 17.1 Å². The van der Waals surface area contributed by atoms with Crippen molar-refractivity contribution < 1.29 is 22.0 Å². The van der Waals surface area contributed by atoms with Crippen LogP contribution in [0.4, 0.5) is 14.5 Å². The molecule has 0 aliphatic carbocycles. The zero-order chi connectivity index (χ0) is 17.2. The van der Waals surface area contributed by atoms with Gasteiger partial charge in [-0.3, -0.25) is 14.2 Å². The highest BCUT2D eigenvalue weighted by Crippen LogP contribution is 2.22. The summed E-state index contributed by atoms with van der Waals surface area (Å²) in [7, 11) is -4.09. The van der Waals surface area contributed by atoms with Gasteiger partial charge in [0.25, 0.3) is 22.4 Å². The van der Waals surface area contributed by atoms with E-state index in [1.165, 1.54) is 6.07 Å². The van der Waals surface area contributed by atoms with Gasteiger partial charge in [-0.25, -0.2) is 17.2 Å². The second-order valence-electron chi connectivity index (χ2n) is 4.76. The van der Waals surface area contributed by atoms with Gasteiger partial charge in [0.05, 0.1) is 17.4 Å². The number of anilines is 1. The number of carbonyl (C=O) groups excluding carboxylic acids is 1. The molecule has 1 aromatic heterocycles. The number of carbonyl (C=O) groups is 1. The first-order valence-corrected chi connectivity index (χ1v) is 7.92. The fourth-order valence-corrected chi connectivity index (χ4v) is 3.03. The first-order valence-electron chi connectivity index (χ1n) is 6.43. The summed E-state index contributed by atoms with van der Waals surface area (Å²) in [6.07, 6.45) is -0.727. The summed E-state index contributed by atoms with van der Waals surface area (Å²) in [5, 5.41) is 3.57. The number of sulfonamides is 1. The number of rotatable bonds is 6. The van der Waals surface area contributed by atoms with Gasteiger partial charge in [-0.2, -0.15) is 5.10 Å². The molecule has 0 atom stereocenters. The maximum Gasteiger partial charge on any atom is 0.265 e. The molecule has 0 saturated heterocycles. The molecule has 2 aromatic rings. The smallest absolute Gasteiger partial charge is 0.265 e. The molecule has 0 spiro atoms. The van der Waals surface area contributed by atoms with Crippen LogP contribution >= 0.6 is 0 Å². The number of aromatic nitrogens is 2. The maximum absolute atomic E-state index is 12.3. The highest BCUT2D eigenvalue weighted by Gasteiger charge is 2.21. The molecule has 2 rings (SSSR count). The van der Waals surface area contributed by atoms with Gasteiger partial charge in [-0.1, -0.05) is 12.1 Å². The minimum Gasteiger partial charge on any atom is -0.366 e. The Morgan fingerprint density at radius 1 is 1.43 bits per heavy atom. The largest absolute Gasteiger partial charge is 0.366 e. The van der Waals surface area contributed by atoms with Gasteiger partial charge in [0.1, 0.15) is 11.4 Å². The number of alkyl halides is 2. The van der Waals surface area contributed by atoms with E-state index in [0.29, 0.717) is 5.56 Å². The van der Waals surface area contributed by atoms with Gasteiger partial charge in [-0.15, -0.1) is 0 Å². The Morgan fingerprint density at radius 2 is 2.13 bits per heavy atom. The zero-order valence-corrected chi connectivity index (χ0v) is 12.8. The van der Waals surface area contributed by atoms with Gasteiger partial charge in [0.2, 0.25) is 0 Å². The van der Waals surface area contributed by atoms with Gasteiger partial charge >= 0.3 is 0 Å². The third-order valence-corrected chi connectivity index (χ3v) is 4.33. The second kappa shape index (κ2) is 6.32. The standard InChI is InChI=1S/C13H14F2N4O3S/c1-8-3-2-4-10(12(8)13(16)20)18-23(21,22)9-5-17-19(6-9)7-11(14)15/h2-6,11,18H,7H2,1H3,(H2,16,20). The van der Waals surface area contributed by atoms with Crippen LogP contribution in [-0.4, -0.2) is 30.5 Å². The molecule has 3 N–H and O–H groups in total. The molecule has 10 heteroatoms. The van der Waals surface area contributed by atoms with E-state index in [2.05, 4.69) is 9.82 Å². The number of nitrogens with zero attached hydrogens (tertiary/aromatic N) is 2. The fraction of sp³-hybridized carbons (Fsp3) is 0.231. The average molecular weight is 344 g/mol. The van der Waals surface area contributed by atoms with Crippen LogP contribution in [0.15, 0.2) is 35.5 Å². The van der Waals surface area contributed by atoms with Crippen molar-refractivity contribution in [3.05, 3.63) is 41.7 Å². The molecule has 0 aliphatic heterocycles. The summed E-state index contributed by atoms with van der Waals surface area (Å²) >= 11 is 0. The van der Waals surface area contributed by atoms with E-state index in [1.807, 2.05) is 0 Å². The van der Waals surface area contributed by atoms with Gasteiger partial charge in [-0.05, 0) is 18.6 Å². The summed E-state index contributed by atoms with van der Waals surface area (Å²) in [4.78, 5) is 11.2. The van der Waals surface area contributed by atoms with Crippen molar-refractivity contribution in [1.29, 1.82) is 0 Å².